The standard InChI is InChI=1S/C23H28N4O2/c1-15(2)13-23(4)21(29)27(22(24)26-23)14-17-7-5-8-18(11-17)19-9-6-10-20(12-19)25-16(3)28/h5-12,15H,13-14H2,1-4H3,(H2,24,26)(H,25,28). The molecule has 3 N–H and O–H groups in total. The van der Waals surface area contributed by atoms with E-state index in [2.05, 4.69) is 24.2 Å². The van der Waals surface area contributed by atoms with Crippen LogP contribution in [0.3, 0.4) is 0 Å². The SMILES string of the molecule is CC(=O)Nc1cccc(-c2cccc(CN3C(=O)C(C)(CC(C)C)N=C3N)c2)c1. The summed E-state index contributed by atoms with van der Waals surface area (Å²) in [5.74, 6) is 0.459. The van der Waals surface area contributed by atoms with E-state index in [9.17, 15) is 9.59 Å². The van der Waals surface area contributed by atoms with Crippen molar-refractivity contribution in [3.8, 4) is 11.1 Å². The summed E-state index contributed by atoms with van der Waals surface area (Å²) in [5, 5.41) is 2.80. The molecule has 0 saturated carbocycles. The van der Waals surface area contributed by atoms with Gasteiger partial charge >= 0.3 is 0 Å². The van der Waals surface area contributed by atoms with Gasteiger partial charge in [-0.2, -0.15) is 0 Å². The highest BCUT2D eigenvalue weighted by atomic mass is 16.2. The maximum atomic E-state index is 13.0. The number of guanidine groups is 1. The fraction of sp³-hybridized carbons (Fsp3) is 0.348. The van der Waals surface area contributed by atoms with Crippen molar-refractivity contribution in [1.82, 2.24) is 4.90 Å². The molecule has 0 radical (unpaired) electrons. The summed E-state index contributed by atoms with van der Waals surface area (Å²) in [7, 11) is 0. The lowest BCUT2D eigenvalue weighted by atomic mass is 9.91. The molecule has 2 aromatic carbocycles. The number of carbonyl (C=O) groups excluding carboxylic acids is 2. The highest BCUT2D eigenvalue weighted by Crippen LogP contribution is 2.30. The summed E-state index contributed by atoms with van der Waals surface area (Å²) >= 11 is 0. The van der Waals surface area contributed by atoms with E-state index in [1.807, 2.05) is 55.5 Å². The zero-order valence-electron chi connectivity index (χ0n) is 17.4. The van der Waals surface area contributed by atoms with Crippen LogP contribution in [0.4, 0.5) is 5.69 Å². The predicted molar refractivity (Wildman–Crippen MR) is 116 cm³/mol. The minimum Gasteiger partial charge on any atom is -0.369 e. The Morgan fingerprint density at radius 3 is 2.48 bits per heavy atom. The van der Waals surface area contributed by atoms with Gasteiger partial charge < -0.3 is 11.1 Å². The second-order valence-corrected chi connectivity index (χ2v) is 8.20. The molecular formula is C23H28N4O2. The Hall–Kier alpha value is -3.15. The number of amides is 2. The number of nitrogens with one attached hydrogen (secondary N) is 1. The average Bonchev–Trinajstić information content (AvgIpc) is 2.84. The average molecular weight is 393 g/mol. The van der Waals surface area contributed by atoms with E-state index in [1.165, 1.54) is 6.92 Å². The van der Waals surface area contributed by atoms with Crippen molar-refractivity contribution in [3.05, 3.63) is 54.1 Å². The smallest absolute Gasteiger partial charge is 0.257 e. The Balaban J connectivity index is 1.82. The first-order valence-electron chi connectivity index (χ1n) is 9.82. The Morgan fingerprint density at radius 2 is 1.83 bits per heavy atom. The Bertz CT molecular complexity index is 967. The number of hydrogen-bond acceptors (Lipinski definition) is 4. The van der Waals surface area contributed by atoms with Crippen molar-refractivity contribution >= 4 is 23.5 Å². The van der Waals surface area contributed by atoms with Gasteiger partial charge in [0.15, 0.2) is 5.96 Å². The number of benzene rings is 2. The normalized spacial score (nSPS) is 18.9. The number of nitrogens with two attached hydrogens (primary N) is 1. The molecule has 1 unspecified atom stereocenters. The van der Waals surface area contributed by atoms with Crippen LogP contribution < -0.4 is 11.1 Å². The first-order valence-corrected chi connectivity index (χ1v) is 9.82. The van der Waals surface area contributed by atoms with E-state index in [4.69, 9.17) is 5.73 Å². The van der Waals surface area contributed by atoms with Crippen LogP contribution in [0.2, 0.25) is 0 Å². The van der Waals surface area contributed by atoms with Crippen LogP contribution in [0.25, 0.3) is 11.1 Å². The molecule has 6 nitrogen and oxygen atoms in total. The largest absolute Gasteiger partial charge is 0.369 e. The number of carbonyl (C=O) groups is 2. The minimum absolute atomic E-state index is 0.0539. The molecule has 6 heteroatoms. The molecule has 0 bridgehead atoms. The molecule has 0 spiro atoms. The van der Waals surface area contributed by atoms with E-state index in [1.54, 1.807) is 4.90 Å². The molecular weight excluding hydrogens is 364 g/mol. The topological polar surface area (TPSA) is 87.8 Å². The third-order valence-corrected chi connectivity index (χ3v) is 4.93. The lowest BCUT2D eigenvalue weighted by Gasteiger charge is -2.23. The van der Waals surface area contributed by atoms with Gasteiger partial charge in [-0.05, 0) is 54.2 Å². The molecule has 1 aliphatic heterocycles. The van der Waals surface area contributed by atoms with Crippen LogP contribution in [-0.2, 0) is 16.1 Å². The highest BCUT2D eigenvalue weighted by Gasteiger charge is 2.43. The van der Waals surface area contributed by atoms with Crippen LogP contribution in [0.15, 0.2) is 53.5 Å². The Labute approximate surface area is 171 Å². The zero-order valence-corrected chi connectivity index (χ0v) is 17.4. The van der Waals surface area contributed by atoms with E-state index in [0.717, 1.165) is 22.4 Å². The van der Waals surface area contributed by atoms with Gasteiger partial charge in [0.05, 0.1) is 6.54 Å². The fourth-order valence-corrected chi connectivity index (χ4v) is 3.85. The summed E-state index contributed by atoms with van der Waals surface area (Å²) in [6, 6.07) is 15.6. The van der Waals surface area contributed by atoms with E-state index >= 15 is 0 Å². The van der Waals surface area contributed by atoms with Gasteiger partial charge in [-0.1, -0.05) is 44.2 Å². The fourth-order valence-electron chi connectivity index (χ4n) is 3.85. The quantitative estimate of drug-likeness (QED) is 0.784. The second kappa shape index (κ2) is 8.07. The Kier molecular flexibility index (Phi) is 5.73. The minimum atomic E-state index is -0.789. The third kappa shape index (κ3) is 4.65. The molecule has 0 fully saturated rings. The number of anilines is 1. The van der Waals surface area contributed by atoms with Gasteiger partial charge in [0.2, 0.25) is 5.91 Å². The number of nitrogens with zero attached hydrogens (tertiary/aromatic N) is 2. The van der Waals surface area contributed by atoms with E-state index in [-0.39, 0.29) is 17.8 Å². The van der Waals surface area contributed by atoms with Gasteiger partial charge in [0.25, 0.3) is 5.91 Å². The molecule has 29 heavy (non-hydrogen) atoms. The van der Waals surface area contributed by atoms with Crippen molar-refractivity contribution in [2.75, 3.05) is 5.32 Å². The summed E-state index contributed by atoms with van der Waals surface area (Å²) in [6.07, 6.45) is 0.666. The second-order valence-electron chi connectivity index (χ2n) is 8.20. The molecule has 2 aromatic rings. The van der Waals surface area contributed by atoms with Gasteiger partial charge in [-0.25, -0.2) is 4.99 Å². The molecule has 3 rings (SSSR count). The summed E-state index contributed by atoms with van der Waals surface area (Å²) in [5.41, 5.74) is 9.01. The summed E-state index contributed by atoms with van der Waals surface area (Å²) in [6.45, 7) is 7.86. The van der Waals surface area contributed by atoms with E-state index in [0.29, 0.717) is 18.9 Å². The van der Waals surface area contributed by atoms with Crippen LogP contribution >= 0.6 is 0 Å². The molecule has 1 heterocycles. The zero-order chi connectivity index (χ0) is 21.2. The van der Waals surface area contributed by atoms with E-state index < -0.39 is 5.54 Å². The highest BCUT2D eigenvalue weighted by molar-refractivity contribution is 6.06. The van der Waals surface area contributed by atoms with Crippen LogP contribution in [0.5, 0.6) is 0 Å². The number of rotatable bonds is 6. The van der Waals surface area contributed by atoms with Crippen molar-refractivity contribution < 1.29 is 9.59 Å². The predicted octanol–water partition coefficient (Wildman–Crippen LogP) is 3.77. The molecule has 0 aromatic heterocycles. The first kappa shape index (κ1) is 20.6. The molecule has 0 aliphatic carbocycles. The molecule has 2 amide bonds. The Morgan fingerprint density at radius 1 is 1.17 bits per heavy atom. The van der Waals surface area contributed by atoms with Crippen molar-refractivity contribution in [2.24, 2.45) is 16.6 Å². The van der Waals surface area contributed by atoms with Crippen molar-refractivity contribution in [3.63, 3.8) is 0 Å². The van der Waals surface area contributed by atoms with Crippen molar-refractivity contribution in [2.45, 2.75) is 46.2 Å². The number of hydrogen-bond donors (Lipinski definition) is 2. The summed E-state index contributed by atoms with van der Waals surface area (Å²) < 4.78 is 0. The molecule has 0 saturated heterocycles. The van der Waals surface area contributed by atoms with Gasteiger partial charge in [-0.15, -0.1) is 0 Å². The van der Waals surface area contributed by atoms with Crippen LogP contribution in [0, 0.1) is 5.92 Å². The third-order valence-electron chi connectivity index (χ3n) is 4.93. The molecule has 1 aliphatic rings. The number of aliphatic imine (C=N–C) groups is 1. The lowest BCUT2D eigenvalue weighted by Crippen LogP contribution is -2.43. The maximum absolute atomic E-state index is 13.0. The van der Waals surface area contributed by atoms with Crippen LogP contribution in [-0.4, -0.2) is 28.2 Å². The van der Waals surface area contributed by atoms with Crippen molar-refractivity contribution in [1.29, 1.82) is 0 Å². The monoisotopic (exact) mass is 392 g/mol. The van der Waals surface area contributed by atoms with Gasteiger partial charge in [-0.3, -0.25) is 14.5 Å². The van der Waals surface area contributed by atoms with Gasteiger partial charge in [0, 0.05) is 12.6 Å². The molecule has 152 valence electrons. The van der Waals surface area contributed by atoms with Gasteiger partial charge in [0.1, 0.15) is 5.54 Å². The lowest BCUT2D eigenvalue weighted by molar-refractivity contribution is -0.131. The van der Waals surface area contributed by atoms with Crippen LogP contribution in [0.1, 0.15) is 39.7 Å². The first-order chi connectivity index (χ1) is 13.7. The maximum Gasteiger partial charge on any atom is 0.257 e. The summed E-state index contributed by atoms with van der Waals surface area (Å²) in [4.78, 5) is 30.3. The molecule has 1 atom stereocenters.